The molecule has 0 fully saturated rings. The predicted octanol–water partition coefficient (Wildman–Crippen LogP) is 0.0489. The van der Waals surface area contributed by atoms with Crippen LogP contribution < -0.4 is 15.4 Å². The molecule has 0 radical (unpaired) electrons. The van der Waals surface area contributed by atoms with Crippen molar-refractivity contribution in [3.63, 3.8) is 0 Å². The van der Waals surface area contributed by atoms with Crippen LogP contribution >= 0.6 is 11.3 Å². The highest BCUT2D eigenvalue weighted by Crippen LogP contribution is 2.12. The molecule has 1 heterocycles. The molecular weight excluding hydrogens is 322 g/mol. The van der Waals surface area contributed by atoms with Gasteiger partial charge in [-0.15, -0.1) is 0 Å². The van der Waals surface area contributed by atoms with Gasteiger partial charge in [-0.3, -0.25) is 4.79 Å². The molecular formula is C14H18N3O3S2+. The highest BCUT2D eigenvalue weighted by atomic mass is 32.2. The third-order valence-electron chi connectivity index (χ3n) is 3.01. The average Bonchev–Trinajstić information content (AvgIpc) is 2.90. The average molecular weight is 340 g/mol. The van der Waals surface area contributed by atoms with E-state index in [1.54, 1.807) is 11.3 Å². The van der Waals surface area contributed by atoms with Gasteiger partial charge in [-0.25, -0.2) is 13.6 Å². The topological polar surface area (TPSA) is 93.7 Å². The number of hydrogen-bond donors (Lipinski definition) is 3. The number of amides is 1. The van der Waals surface area contributed by atoms with Crippen molar-refractivity contribution < 1.29 is 18.1 Å². The van der Waals surface area contributed by atoms with Crippen molar-refractivity contribution in [2.24, 2.45) is 5.14 Å². The van der Waals surface area contributed by atoms with Gasteiger partial charge in [0.05, 0.1) is 11.9 Å². The van der Waals surface area contributed by atoms with Crippen LogP contribution in [0.3, 0.4) is 0 Å². The quantitative estimate of drug-likeness (QED) is 0.693. The van der Waals surface area contributed by atoms with E-state index in [0.29, 0.717) is 12.2 Å². The van der Waals surface area contributed by atoms with Crippen LogP contribution in [0.4, 0.5) is 5.69 Å². The van der Waals surface area contributed by atoms with Crippen molar-refractivity contribution in [3.8, 4) is 0 Å². The number of carbonyl (C=O) groups excluding carboxylic acids is 1. The number of thiophene rings is 1. The Morgan fingerprint density at radius 2 is 1.95 bits per heavy atom. The molecule has 0 saturated heterocycles. The number of quaternary nitrogens is 1. The maximum atomic E-state index is 12.0. The normalized spacial score (nSPS) is 12.8. The summed E-state index contributed by atoms with van der Waals surface area (Å²) in [5.74, 6) is -0.129. The molecule has 0 saturated carbocycles. The van der Waals surface area contributed by atoms with Gasteiger partial charge in [0, 0.05) is 11.3 Å². The summed E-state index contributed by atoms with van der Waals surface area (Å²) in [7, 11) is -1.77. The summed E-state index contributed by atoms with van der Waals surface area (Å²) in [6.07, 6.45) is 0. The maximum Gasteiger partial charge on any atom is 0.279 e. The van der Waals surface area contributed by atoms with Crippen molar-refractivity contribution in [2.75, 3.05) is 18.9 Å². The fraction of sp³-hybridized carbons (Fsp3) is 0.214. The van der Waals surface area contributed by atoms with Crippen molar-refractivity contribution >= 4 is 33.0 Å². The van der Waals surface area contributed by atoms with Crippen molar-refractivity contribution in [1.82, 2.24) is 0 Å². The molecule has 0 aliphatic rings. The van der Waals surface area contributed by atoms with Gasteiger partial charge >= 0.3 is 0 Å². The molecule has 0 aliphatic heterocycles. The third-order valence-corrected chi connectivity index (χ3v) is 4.68. The van der Waals surface area contributed by atoms with Crippen LogP contribution in [0.2, 0.25) is 0 Å². The molecule has 2 aromatic rings. The lowest BCUT2D eigenvalue weighted by molar-refractivity contribution is -0.885. The van der Waals surface area contributed by atoms with Crippen LogP contribution in [-0.2, 0) is 21.4 Å². The summed E-state index contributed by atoms with van der Waals surface area (Å²) >= 11 is 1.63. The second kappa shape index (κ2) is 7.01. The van der Waals surface area contributed by atoms with E-state index in [0.717, 1.165) is 11.4 Å². The number of sulfonamides is 1. The first-order chi connectivity index (χ1) is 10.3. The Hall–Kier alpha value is -1.74. The van der Waals surface area contributed by atoms with Gasteiger partial charge in [-0.1, -0.05) is 0 Å². The Bertz CT molecular complexity index is 725. The zero-order chi connectivity index (χ0) is 16.2. The number of primary sulfonamides is 1. The van der Waals surface area contributed by atoms with Crippen LogP contribution in [-0.4, -0.2) is 27.9 Å². The standard InChI is InChI=1S/C14H17N3O3S2/c1-17(8-11-6-7-21-10-11)9-14(18)16-12-2-4-13(5-3-12)22(15,19)20/h2-7,10H,8-9H2,1H3,(H,16,18)(H2,15,19,20)/p+1. The van der Waals surface area contributed by atoms with Gasteiger partial charge in [-0.05, 0) is 41.1 Å². The SMILES string of the molecule is C[NH+](CC(=O)Nc1ccc(S(N)(=O)=O)cc1)Cc1ccsc1. The van der Waals surface area contributed by atoms with E-state index in [1.807, 2.05) is 18.5 Å². The first kappa shape index (κ1) is 16.6. The lowest BCUT2D eigenvalue weighted by Crippen LogP contribution is -3.08. The minimum absolute atomic E-state index is 0.0192. The lowest BCUT2D eigenvalue weighted by atomic mass is 10.3. The van der Waals surface area contributed by atoms with Gasteiger partial charge in [0.1, 0.15) is 6.54 Å². The van der Waals surface area contributed by atoms with E-state index in [2.05, 4.69) is 10.7 Å². The van der Waals surface area contributed by atoms with Gasteiger partial charge in [0.2, 0.25) is 10.0 Å². The molecule has 1 aromatic heterocycles. The lowest BCUT2D eigenvalue weighted by Gasteiger charge is -2.13. The number of nitrogens with one attached hydrogen (secondary N) is 2. The number of carbonyl (C=O) groups is 1. The largest absolute Gasteiger partial charge is 0.326 e. The van der Waals surface area contributed by atoms with Crippen LogP contribution in [0.25, 0.3) is 0 Å². The number of benzene rings is 1. The van der Waals surface area contributed by atoms with Gasteiger partial charge in [-0.2, -0.15) is 11.3 Å². The number of hydrogen-bond acceptors (Lipinski definition) is 4. The number of likely N-dealkylation sites (N-methyl/N-ethyl adjacent to an activating group) is 1. The van der Waals surface area contributed by atoms with Crippen molar-refractivity contribution in [3.05, 3.63) is 46.7 Å². The van der Waals surface area contributed by atoms with E-state index >= 15 is 0 Å². The Labute approximate surface area is 133 Å². The predicted molar refractivity (Wildman–Crippen MR) is 86.2 cm³/mol. The summed E-state index contributed by atoms with van der Waals surface area (Å²) in [5.41, 5.74) is 1.74. The molecule has 6 nitrogen and oxygen atoms in total. The number of rotatable bonds is 6. The Kier molecular flexibility index (Phi) is 5.30. The fourth-order valence-electron chi connectivity index (χ4n) is 2.01. The van der Waals surface area contributed by atoms with E-state index < -0.39 is 10.0 Å². The molecule has 0 aliphatic carbocycles. The third kappa shape index (κ3) is 4.92. The molecule has 1 atom stereocenters. The smallest absolute Gasteiger partial charge is 0.279 e. The van der Waals surface area contributed by atoms with E-state index in [1.165, 1.54) is 29.8 Å². The minimum Gasteiger partial charge on any atom is -0.326 e. The van der Waals surface area contributed by atoms with Crippen molar-refractivity contribution in [2.45, 2.75) is 11.4 Å². The molecule has 0 bridgehead atoms. The van der Waals surface area contributed by atoms with E-state index in [-0.39, 0.29) is 10.8 Å². The molecule has 22 heavy (non-hydrogen) atoms. The van der Waals surface area contributed by atoms with E-state index in [9.17, 15) is 13.2 Å². The van der Waals surface area contributed by atoms with Gasteiger partial charge < -0.3 is 10.2 Å². The molecule has 8 heteroatoms. The second-order valence-corrected chi connectivity index (χ2v) is 7.40. The second-order valence-electron chi connectivity index (χ2n) is 5.06. The summed E-state index contributed by atoms with van der Waals surface area (Å²) in [6.45, 7) is 1.11. The Morgan fingerprint density at radius 1 is 1.27 bits per heavy atom. The fourth-order valence-corrected chi connectivity index (χ4v) is 3.20. The summed E-state index contributed by atoms with van der Waals surface area (Å²) in [4.78, 5) is 13.0. The summed E-state index contributed by atoms with van der Waals surface area (Å²) in [5, 5.41) is 11.8. The van der Waals surface area contributed by atoms with Gasteiger partial charge in [0.25, 0.3) is 5.91 Å². The van der Waals surface area contributed by atoms with Crippen molar-refractivity contribution in [1.29, 1.82) is 0 Å². The Morgan fingerprint density at radius 3 is 2.50 bits per heavy atom. The molecule has 1 aromatic carbocycles. The van der Waals surface area contributed by atoms with Crippen LogP contribution in [0.1, 0.15) is 5.56 Å². The summed E-state index contributed by atoms with van der Waals surface area (Å²) in [6, 6.07) is 7.81. The van der Waals surface area contributed by atoms with Crippen LogP contribution in [0.15, 0.2) is 46.0 Å². The summed E-state index contributed by atoms with van der Waals surface area (Å²) < 4.78 is 22.3. The number of nitrogens with two attached hydrogens (primary N) is 1. The molecule has 4 N–H and O–H groups in total. The zero-order valence-corrected chi connectivity index (χ0v) is 13.7. The monoisotopic (exact) mass is 340 g/mol. The molecule has 2 rings (SSSR count). The highest BCUT2D eigenvalue weighted by molar-refractivity contribution is 7.89. The molecule has 1 amide bonds. The first-order valence-corrected chi connectivity index (χ1v) is 9.08. The Balaban J connectivity index is 1.89. The number of anilines is 1. The maximum absolute atomic E-state index is 12.0. The van der Waals surface area contributed by atoms with E-state index in [4.69, 9.17) is 5.14 Å². The minimum atomic E-state index is -3.71. The molecule has 118 valence electrons. The highest BCUT2D eigenvalue weighted by Gasteiger charge is 2.12. The molecule has 0 spiro atoms. The molecule has 1 unspecified atom stereocenters. The first-order valence-electron chi connectivity index (χ1n) is 6.59. The van der Waals surface area contributed by atoms with Gasteiger partial charge in [0.15, 0.2) is 6.54 Å². The van der Waals surface area contributed by atoms with Crippen LogP contribution in [0, 0.1) is 0 Å². The van der Waals surface area contributed by atoms with Crippen LogP contribution in [0.5, 0.6) is 0 Å². The zero-order valence-electron chi connectivity index (χ0n) is 12.1.